The summed E-state index contributed by atoms with van der Waals surface area (Å²) in [7, 11) is 0. The second-order valence-corrected chi connectivity index (χ2v) is 7.74. The topological polar surface area (TPSA) is 52.7 Å². The lowest BCUT2D eigenvalue weighted by molar-refractivity contribution is -0.142. The predicted molar refractivity (Wildman–Crippen MR) is 98.2 cm³/mol. The third-order valence-electron chi connectivity index (χ3n) is 5.47. The number of carbonyl (C=O) groups excluding carboxylic acids is 2. The van der Waals surface area contributed by atoms with Crippen LogP contribution in [0.15, 0.2) is 24.3 Å². The van der Waals surface area contributed by atoms with E-state index in [1.165, 1.54) is 12.1 Å². The van der Waals surface area contributed by atoms with Crippen molar-refractivity contribution >= 4 is 11.8 Å². The molecule has 0 unspecified atom stereocenters. The SMILES string of the molecule is CC(C)NC(=O)CN1CCN(C(=O)C2(c3cccc(F)c3)CCC2)CC1. The minimum absolute atomic E-state index is 0.0231. The molecule has 1 saturated carbocycles. The molecule has 1 aliphatic carbocycles. The second-order valence-electron chi connectivity index (χ2n) is 7.74. The van der Waals surface area contributed by atoms with Gasteiger partial charge < -0.3 is 10.2 Å². The molecule has 0 spiro atoms. The molecule has 3 rings (SSSR count). The summed E-state index contributed by atoms with van der Waals surface area (Å²) < 4.78 is 13.7. The van der Waals surface area contributed by atoms with Gasteiger partial charge >= 0.3 is 0 Å². The molecule has 0 atom stereocenters. The number of benzene rings is 1. The van der Waals surface area contributed by atoms with Gasteiger partial charge in [0.05, 0.1) is 12.0 Å². The molecule has 142 valence electrons. The highest BCUT2D eigenvalue weighted by Gasteiger charge is 2.48. The number of amides is 2. The first-order chi connectivity index (χ1) is 12.4. The van der Waals surface area contributed by atoms with Crippen molar-refractivity contribution < 1.29 is 14.0 Å². The Morgan fingerprint density at radius 1 is 1.19 bits per heavy atom. The summed E-state index contributed by atoms with van der Waals surface area (Å²) in [6.07, 6.45) is 2.57. The van der Waals surface area contributed by atoms with Gasteiger partial charge in [-0.2, -0.15) is 0 Å². The molecule has 0 bridgehead atoms. The van der Waals surface area contributed by atoms with E-state index in [0.29, 0.717) is 32.7 Å². The van der Waals surface area contributed by atoms with E-state index >= 15 is 0 Å². The van der Waals surface area contributed by atoms with E-state index in [-0.39, 0.29) is 23.7 Å². The third-order valence-corrected chi connectivity index (χ3v) is 5.47. The van der Waals surface area contributed by atoms with Crippen LogP contribution in [0.1, 0.15) is 38.7 Å². The van der Waals surface area contributed by atoms with Crippen LogP contribution in [-0.2, 0) is 15.0 Å². The van der Waals surface area contributed by atoms with E-state index < -0.39 is 5.41 Å². The number of hydrogen-bond donors (Lipinski definition) is 1. The summed E-state index contributed by atoms with van der Waals surface area (Å²) in [6.45, 7) is 6.87. The number of nitrogens with one attached hydrogen (secondary N) is 1. The van der Waals surface area contributed by atoms with Crippen molar-refractivity contribution in [3.05, 3.63) is 35.6 Å². The van der Waals surface area contributed by atoms with E-state index in [2.05, 4.69) is 10.2 Å². The van der Waals surface area contributed by atoms with Gasteiger partial charge in [0.1, 0.15) is 5.82 Å². The van der Waals surface area contributed by atoms with Gasteiger partial charge in [-0.25, -0.2) is 4.39 Å². The smallest absolute Gasteiger partial charge is 0.234 e. The number of carbonyl (C=O) groups is 2. The normalized spacial score (nSPS) is 19.9. The first-order valence-electron chi connectivity index (χ1n) is 9.48. The predicted octanol–water partition coefficient (Wildman–Crippen LogP) is 1.92. The van der Waals surface area contributed by atoms with Crippen molar-refractivity contribution in [2.75, 3.05) is 32.7 Å². The number of piperazine rings is 1. The molecular weight excluding hydrogens is 333 g/mol. The summed E-state index contributed by atoms with van der Waals surface area (Å²) >= 11 is 0. The van der Waals surface area contributed by atoms with Crippen molar-refractivity contribution in [2.45, 2.75) is 44.6 Å². The molecular formula is C20H28FN3O2. The van der Waals surface area contributed by atoms with Crippen LogP contribution in [-0.4, -0.2) is 60.4 Å². The van der Waals surface area contributed by atoms with Gasteiger partial charge in [0.25, 0.3) is 0 Å². The summed E-state index contributed by atoms with van der Waals surface area (Å²) in [4.78, 5) is 29.1. The summed E-state index contributed by atoms with van der Waals surface area (Å²) in [5.41, 5.74) is 0.242. The quantitative estimate of drug-likeness (QED) is 0.872. The van der Waals surface area contributed by atoms with Gasteiger partial charge in [0, 0.05) is 32.2 Å². The molecule has 2 fully saturated rings. The monoisotopic (exact) mass is 361 g/mol. The van der Waals surface area contributed by atoms with E-state index in [1.807, 2.05) is 24.8 Å². The van der Waals surface area contributed by atoms with Gasteiger partial charge in [0.2, 0.25) is 11.8 Å². The molecule has 26 heavy (non-hydrogen) atoms. The Kier molecular flexibility index (Phi) is 5.61. The van der Waals surface area contributed by atoms with Crippen molar-refractivity contribution in [1.29, 1.82) is 0 Å². The average molecular weight is 361 g/mol. The Morgan fingerprint density at radius 2 is 1.88 bits per heavy atom. The first-order valence-corrected chi connectivity index (χ1v) is 9.48. The summed E-state index contributed by atoms with van der Waals surface area (Å²) in [6, 6.07) is 6.61. The highest BCUT2D eigenvalue weighted by molar-refractivity contribution is 5.89. The Labute approximate surface area is 154 Å². The van der Waals surface area contributed by atoms with Crippen molar-refractivity contribution in [1.82, 2.24) is 15.1 Å². The lowest BCUT2D eigenvalue weighted by atomic mass is 9.63. The summed E-state index contributed by atoms with van der Waals surface area (Å²) in [5, 5.41) is 2.90. The summed E-state index contributed by atoms with van der Waals surface area (Å²) in [5.74, 6) is -0.154. The van der Waals surface area contributed by atoms with E-state index in [1.54, 1.807) is 6.07 Å². The molecule has 2 aliphatic rings. The zero-order chi connectivity index (χ0) is 18.7. The molecule has 2 amide bonds. The Balaban J connectivity index is 1.60. The van der Waals surface area contributed by atoms with Crippen LogP contribution < -0.4 is 5.32 Å². The molecule has 0 aromatic heterocycles. The Hall–Kier alpha value is -1.95. The number of halogens is 1. The number of hydrogen-bond acceptors (Lipinski definition) is 3. The van der Waals surface area contributed by atoms with Crippen LogP contribution in [0.3, 0.4) is 0 Å². The fourth-order valence-corrected chi connectivity index (χ4v) is 3.92. The zero-order valence-corrected chi connectivity index (χ0v) is 15.6. The second kappa shape index (κ2) is 7.74. The minimum Gasteiger partial charge on any atom is -0.353 e. The van der Waals surface area contributed by atoms with Gasteiger partial charge in [-0.15, -0.1) is 0 Å². The van der Waals surface area contributed by atoms with Crippen molar-refractivity contribution in [3.63, 3.8) is 0 Å². The average Bonchev–Trinajstić information content (AvgIpc) is 2.53. The van der Waals surface area contributed by atoms with E-state index in [0.717, 1.165) is 24.8 Å². The standard InChI is InChI=1S/C20H28FN3O2/c1-15(2)22-18(25)14-23-9-11-24(12-10-23)19(26)20(7-4-8-20)16-5-3-6-17(21)13-16/h3,5-6,13,15H,4,7-12,14H2,1-2H3,(H,22,25). The third kappa shape index (κ3) is 3.90. The van der Waals surface area contributed by atoms with Gasteiger partial charge in [-0.1, -0.05) is 18.6 Å². The fraction of sp³-hybridized carbons (Fsp3) is 0.600. The number of rotatable bonds is 5. The molecule has 1 aromatic rings. The van der Waals surface area contributed by atoms with Crippen LogP contribution in [0.2, 0.25) is 0 Å². The Bertz CT molecular complexity index is 665. The van der Waals surface area contributed by atoms with Gasteiger partial charge in [0.15, 0.2) is 0 Å². The Morgan fingerprint density at radius 3 is 2.42 bits per heavy atom. The minimum atomic E-state index is -0.556. The van der Waals surface area contributed by atoms with Crippen molar-refractivity contribution in [2.24, 2.45) is 0 Å². The number of nitrogens with zero attached hydrogens (tertiary/aromatic N) is 2. The lowest BCUT2D eigenvalue weighted by Gasteiger charge is -2.46. The highest BCUT2D eigenvalue weighted by atomic mass is 19.1. The zero-order valence-electron chi connectivity index (χ0n) is 15.6. The molecule has 6 heteroatoms. The molecule has 1 heterocycles. The first kappa shape index (κ1) is 18.8. The van der Waals surface area contributed by atoms with Crippen LogP contribution in [0.25, 0.3) is 0 Å². The molecule has 1 aliphatic heterocycles. The van der Waals surface area contributed by atoms with Gasteiger partial charge in [-0.05, 0) is 44.4 Å². The maximum absolute atomic E-state index is 13.7. The van der Waals surface area contributed by atoms with Crippen LogP contribution >= 0.6 is 0 Å². The maximum atomic E-state index is 13.7. The van der Waals surface area contributed by atoms with Gasteiger partial charge in [-0.3, -0.25) is 14.5 Å². The molecule has 1 aromatic carbocycles. The lowest BCUT2D eigenvalue weighted by Crippen LogP contribution is -2.57. The van der Waals surface area contributed by atoms with Crippen molar-refractivity contribution in [3.8, 4) is 0 Å². The molecule has 0 radical (unpaired) electrons. The molecule has 1 N–H and O–H groups in total. The largest absolute Gasteiger partial charge is 0.353 e. The highest BCUT2D eigenvalue weighted by Crippen LogP contribution is 2.45. The van der Waals surface area contributed by atoms with E-state index in [4.69, 9.17) is 0 Å². The van der Waals surface area contributed by atoms with Crippen LogP contribution in [0, 0.1) is 5.82 Å². The molecule has 1 saturated heterocycles. The van der Waals surface area contributed by atoms with Crippen LogP contribution in [0.5, 0.6) is 0 Å². The fourth-order valence-electron chi connectivity index (χ4n) is 3.92. The molecule has 5 nitrogen and oxygen atoms in total. The maximum Gasteiger partial charge on any atom is 0.234 e. The van der Waals surface area contributed by atoms with Crippen LogP contribution in [0.4, 0.5) is 4.39 Å². The van der Waals surface area contributed by atoms with E-state index in [9.17, 15) is 14.0 Å².